The average Bonchev–Trinajstić information content (AvgIpc) is 3.25. The number of hydrogen-bond donors (Lipinski definition) is 1. The highest BCUT2D eigenvalue weighted by Gasteiger charge is 2.07. The Kier molecular flexibility index (Phi) is 6.86. The SMILES string of the molecule is CN=C(NCc1ccnc(-n2cccn2)c1)N(C)CCOc1ccc(Cl)cc1. The lowest BCUT2D eigenvalue weighted by molar-refractivity contribution is 0.281. The van der Waals surface area contributed by atoms with Gasteiger partial charge >= 0.3 is 0 Å². The molecule has 0 unspecified atom stereocenters. The number of ether oxygens (including phenoxy) is 1. The van der Waals surface area contributed by atoms with E-state index in [1.54, 1.807) is 24.1 Å². The number of guanidine groups is 1. The maximum atomic E-state index is 5.88. The van der Waals surface area contributed by atoms with Gasteiger partial charge in [0.1, 0.15) is 12.4 Å². The summed E-state index contributed by atoms with van der Waals surface area (Å²) in [6.45, 7) is 1.86. The number of aliphatic imine (C=N–C) groups is 1. The van der Waals surface area contributed by atoms with Gasteiger partial charge in [-0.15, -0.1) is 0 Å². The van der Waals surface area contributed by atoms with Crippen LogP contribution in [0.1, 0.15) is 5.56 Å². The molecule has 0 amide bonds. The number of halogens is 1. The molecule has 28 heavy (non-hydrogen) atoms. The van der Waals surface area contributed by atoms with Crippen molar-refractivity contribution in [2.45, 2.75) is 6.54 Å². The van der Waals surface area contributed by atoms with Gasteiger partial charge in [-0.25, -0.2) is 9.67 Å². The molecule has 7 nitrogen and oxygen atoms in total. The van der Waals surface area contributed by atoms with E-state index in [2.05, 4.69) is 20.4 Å². The first-order chi connectivity index (χ1) is 13.7. The largest absolute Gasteiger partial charge is 0.492 e. The van der Waals surface area contributed by atoms with E-state index in [1.165, 1.54) is 0 Å². The van der Waals surface area contributed by atoms with Crippen molar-refractivity contribution in [3.8, 4) is 11.6 Å². The van der Waals surface area contributed by atoms with Gasteiger partial charge in [0.25, 0.3) is 0 Å². The summed E-state index contributed by atoms with van der Waals surface area (Å²) in [6, 6.07) is 13.2. The number of aromatic nitrogens is 3. The second-order valence-corrected chi connectivity index (χ2v) is 6.53. The van der Waals surface area contributed by atoms with Gasteiger partial charge in [0, 0.05) is 44.3 Å². The predicted molar refractivity (Wildman–Crippen MR) is 111 cm³/mol. The summed E-state index contributed by atoms with van der Waals surface area (Å²) in [5, 5.41) is 8.27. The lowest BCUT2D eigenvalue weighted by Gasteiger charge is -2.22. The Labute approximate surface area is 169 Å². The quantitative estimate of drug-likeness (QED) is 0.489. The topological polar surface area (TPSA) is 67.6 Å². The molecule has 0 fully saturated rings. The second kappa shape index (κ2) is 9.75. The Morgan fingerprint density at radius 3 is 2.79 bits per heavy atom. The molecular weight excluding hydrogens is 376 g/mol. The first kappa shape index (κ1) is 19.7. The van der Waals surface area contributed by atoms with E-state index < -0.39 is 0 Å². The Hall–Kier alpha value is -3.06. The molecule has 0 saturated heterocycles. The van der Waals surface area contributed by atoms with Crippen molar-refractivity contribution >= 4 is 17.6 Å². The molecule has 0 bridgehead atoms. The molecular formula is C20H23ClN6O. The van der Waals surface area contributed by atoms with Crippen LogP contribution < -0.4 is 10.1 Å². The molecule has 0 aliphatic carbocycles. The van der Waals surface area contributed by atoms with E-state index in [9.17, 15) is 0 Å². The molecule has 0 atom stereocenters. The van der Waals surface area contributed by atoms with Crippen molar-refractivity contribution in [3.63, 3.8) is 0 Å². The van der Waals surface area contributed by atoms with Crippen LogP contribution in [-0.4, -0.2) is 52.9 Å². The van der Waals surface area contributed by atoms with Gasteiger partial charge in [0.15, 0.2) is 11.8 Å². The second-order valence-electron chi connectivity index (χ2n) is 6.10. The van der Waals surface area contributed by atoms with Gasteiger partial charge in [0.2, 0.25) is 0 Å². The van der Waals surface area contributed by atoms with Crippen molar-refractivity contribution in [2.24, 2.45) is 4.99 Å². The zero-order valence-electron chi connectivity index (χ0n) is 15.9. The van der Waals surface area contributed by atoms with Gasteiger partial charge in [-0.3, -0.25) is 4.99 Å². The summed E-state index contributed by atoms with van der Waals surface area (Å²) in [6.07, 6.45) is 5.38. The highest BCUT2D eigenvalue weighted by molar-refractivity contribution is 6.30. The maximum absolute atomic E-state index is 5.88. The van der Waals surface area contributed by atoms with Crippen LogP contribution in [0.5, 0.6) is 5.75 Å². The van der Waals surface area contributed by atoms with Gasteiger partial charge in [0.05, 0.1) is 6.54 Å². The van der Waals surface area contributed by atoms with Crippen molar-refractivity contribution in [3.05, 3.63) is 71.6 Å². The third-order valence-electron chi connectivity index (χ3n) is 4.08. The van der Waals surface area contributed by atoms with Gasteiger partial charge in [-0.2, -0.15) is 5.10 Å². The summed E-state index contributed by atoms with van der Waals surface area (Å²) in [4.78, 5) is 10.7. The number of benzene rings is 1. The minimum Gasteiger partial charge on any atom is -0.492 e. The van der Waals surface area contributed by atoms with Crippen LogP contribution in [0.2, 0.25) is 5.02 Å². The Morgan fingerprint density at radius 1 is 1.25 bits per heavy atom. The molecule has 2 aromatic heterocycles. The Balaban J connectivity index is 1.50. The number of pyridine rings is 1. The molecule has 2 heterocycles. The standard InChI is InChI=1S/C20H23ClN6O/c1-22-20(26(2)12-13-28-18-6-4-17(21)5-7-18)24-15-16-8-10-23-19(14-16)27-11-3-9-25-27/h3-11,14H,12-13,15H2,1-2H3,(H,22,24). The summed E-state index contributed by atoms with van der Waals surface area (Å²) >= 11 is 5.88. The maximum Gasteiger partial charge on any atom is 0.193 e. The van der Waals surface area contributed by atoms with Crippen LogP contribution >= 0.6 is 11.6 Å². The van der Waals surface area contributed by atoms with Gasteiger partial charge in [-0.1, -0.05) is 11.6 Å². The molecule has 1 aromatic carbocycles. The van der Waals surface area contributed by atoms with Crippen LogP contribution in [0.4, 0.5) is 0 Å². The first-order valence-electron chi connectivity index (χ1n) is 8.91. The molecule has 0 spiro atoms. The predicted octanol–water partition coefficient (Wildman–Crippen LogP) is 3.01. The Bertz CT molecular complexity index is 895. The van der Waals surface area contributed by atoms with Crippen LogP contribution in [0.15, 0.2) is 66.0 Å². The summed E-state index contributed by atoms with van der Waals surface area (Å²) < 4.78 is 7.48. The van der Waals surface area contributed by atoms with Crippen molar-refractivity contribution in [2.75, 3.05) is 27.2 Å². The zero-order valence-corrected chi connectivity index (χ0v) is 16.7. The summed E-state index contributed by atoms with van der Waals surface area (Å²) in [5.41, 5.74) is 1.09. The average molecular weight is 399 g/mol. The first-order valence-corrected chi connectivity index (χ1v) is 9.28. The number of hydrogen-bond acceptors (Lipinski definition) is 4. The van der Waals surface area contributed by atoms with Gasteiger partial charge < -0.3 is 15.0 Å². The van der Waals surface area contributed by atoms with E-state index in [1.807, 2.05) is 60.6 Å². The van der Waals surface area contributed by atoms with Gasteiger partial charge in [-0.05, 0) is 48.0 Å². The van der Waals surface area contributed by atoms with Crippen molar-refractivity contribution in [1.29, 1.82) is 0 Å². The minimum absolute atomic E-state index is 0.539. The van der Waals surface area contributed by atoms with E-state index in [0.717, 1.165) is 23.1 Å². The fraction of sp³-hybridized carbons (Fsp3) is 0.250. The molecule has 1 N–H and O–H groups in total. The fourth-order valence-electron chi connectivity index (χ4n) is 2.60. The molecule has 0 saturated carbocycles. The number of nitrogens with one attached hydrogen (secondary N) is 1. The smallest absolute Gasteiger partial charge is 0.193 e. The van der Waals surface area contributed by atoms with Crippen LogP contribution in [0, 0.1) is 0 Å². The molecule has 0 radical (unpaired) electrons. The van der Waals surface area contributed by atoms with E-state index in [0.29, 0.717) is 24.7 Å². The minimum atomic E-state index is 0.539. The molecule has 0 aliphatic heterocycles. The van der Waals surface area contributed by atoms with Crippen LogP contribution in [0.3, 0.4) is 0 Å². The molecule has 3 aromatic rings. The lowest BCUT2D eigenvalue weighted by atomic mass is 10.2. The fourth-order valence-corrected chi connectivity index (χ4v) is 2.73. The normalized spacial score (nSPS) is 11.3. The number of likely N-dealkylation sites (N-methyl/N-ethyl adjacent to an activating group) is 1. The number of rotatable bonds is 7. The van der Waals surface area contributed by atoms with E-state index in [4.69, 9.17) is 16.3 Å². The molecule has 0 aliphatic rings. The van der Waals surface area contributed by atoms with E-state index in [-0.39, 0.29) is 0 Å². The zero-order chi connectivity index (χ0) is 19.8. The van der Waals surface area contributed by atoms with Crippen LogP contribution in [-0.2, 0) is 6.54 Å². The van der Waals surface area contributed by atoms with Crippen molar-refractivity contribution < 1.29 is 4.74 Å². The molecule has 146 valence electrons. The van der Waals surface area contributed by atoms with Crippen molar-refractivity contribution in [1.82, 2.24) is 25.0 Å². The lowest BCUT2D eigenvalue weighted by Crippen LogP contribution is -2.40. The highest BCUT2D eigenvalue weighted by Crippen LogP contribution is 2.15. The molecule has 3 rings (SSSR count). The number of nitrogens with zero attached hydrogens (tertiary/aromatic N) is 5. The third kappa shape index (κ3) is 5.47. The Morgan fingerprint density at radius 2 is 2.07 bits per heavy atom. The highest BCUT2D eigenvalue weighted by atomic mass is 35.5. The molecule has 8 heteroatoms. The monoisotopic (exact) mass is 398 g/mol. The van der Waals surface area contributed by atoms with E-state index >= 15 is 0 Å². The van der Waals surface area contributed by atoms with Crippen LogP contribution in [0.25, 0.3) is 5.82 Å². The third-order valence-corrected chi connectivity index (χ3v) is 4.33. The summed E-state index contributed by atoms with van der Waals surface area (Å²) in [5.74, 6) is 2.37. The summed E-state index contributed by atoms with van der Waals surface area (Å²) in [7, 11) is 3.74.